The zero-order valence-electron chi connectivity index (χ0n) is 5.51. The third kappa shape index (κ3) is 1.99. The first-order chi connectivity index (χ1) is 4.83. The highest BCUT2D eigenvalue weighted by atomic mass is 35.5. The van der Waals surface area contributed by atoms with Gasteiger partial charge in [0.1, 0.15) is 6.61 Å². The van der Waals surface area contributed by atoms with Crippen molar-refractivity contribution in [1.82, 2.24) is 0 Å². The van der Waals surface area contributed by atoms with E-state index in [1.807, 2.05) is 24.3 Å². The van der Waals surface area contributed by atoms with Crippen LogP contribution in [0, 0.1) is 0 Å². The minimum Gasteiger partial charge on any atom is -0.212 e. The van der Waals surface area contributed by atoms with Crippen LogP contribution in [0.3, 0.4) is 0 Å². The Bertz CT molecular complexity index is 197. The van der Waals surface area contributed by atoms with E-state index in [2.05, 4.69) is 10.7 Å². The van der Waals surface area contributed by atoms with Gasteiger partial charge in [-0.1, -0.05) is 23.7 Å². The van der Waals surface area contributed by atoms with Gasteiger partial charge in [-0.25, -0.2) is 10.7 Å². The van der Waals surface area contributed by atoms with Crippen LogP contribution >= 0.6 is 11.6 Å². The van der Waals surface area contributed by atoms with Crippen LogP contribution in [0.15, 0.2) is 24.3 Å². The standard InChI is InChI=1S/C7H9ClNO/c8-7-3-1-6(2-4-7)5-10-9/h1-4H,5H2,9H3/q+1. The second-order valence-corrected chi connectivity index (χ2v) is 2.41. The Morgan fingerprint density at radius 3 is 2.40 bits per heavy atom. The van der Waals surface area contributed by atoms with Crippen molar-refractivity contribution in [2.24, 2.45) is 0 Å². The van der Waals surface area contributed by atoms with Gasteiger partial charge in [0, 0.05) is 5.02 Å². The highest BCUT2D eigenvalue weighted by molar-refractivity contribution is 6.30. The minimum absolute atomic E-state index is 0.539. The molecule has 0 aliphatic heterocycles. The second kappa shape index (κ2) is 3.56. The molecule has 54 valence electrons. The summed E-state index contributed by atoms with van der Waals surface area (Å²) >= 11 is 5.66. The van der Waals surface area contributed by atoms with Crippen molar-refractivity contribution in [1.29, 1.82) is 0 Å². The molecule has 2 nitrogen and oxygen atoms in total. The zero-order valence-corrected chi connectivity index (χ0v) is 6.27. The van der Waals surface area contributed by atoms with Crippen LogP contribution in [-0.4, -0.2) is 0 Å². The van der Waals surface area contributed by atoms with Crippen molar-refractivity contribution >= 4 is 11.6 Å². The molecule has 10 heavy (non-hydrogen) atoms. The van der Waals surface area contributed by atoms with Gasteiger partial charge in [0.15, 0.2) is 0 Å². The van der Waals surface area contributed by atoms with Gasteiger partial charge in [-0.15, -0.1) is 0 Å². The number of benzene rings is 1. The van der Waals surface area contributed by atoms with Crippen molar-refractivity contribution in [2.75, 3.05) is 0 Å². The average molecular weight is 159 g/mol. The minimum atomic E-state index is 0.539. The zero-order chi connectivity index (χ0) is 7.40. The molecule has 3 N–H and O–H groups in total. The van der Waals surface area contributed by atoms with E-state index in [1.165, 1.54) is 0 Å². The molecule has 0 atom stereocenters. The van der Waals surface area contributed by atoms with E-state index < -0.39 is 0 Å². The number of hydrogen-bond acceptors (Lipinski definition) is 1. The predicted octanol–water partition coefficient (Wildman–Crippen LogP) is 1.01. The van der Waals surface area contributed by atoms with Gasteiger partial charge in [-0.05, 0) is 17.7 Å². The third-order valence-electron chi connectivity index (χ3n) is 1.18. The molecule has 0 saturated carbocycles. The molecule has 0 fully saturated rings. The first-order valence-electron chi connectivity index (χ1n) is 2.94. The van der Waals surface area contributed by atoms with Crippen molar-refractivity contribution in [3.8, 4) is 0 Å². The number of hydrogen-bond donors (Lipinski definition) is 1. The first-order valence-corrected chi connectivity index (χ1v) is 3.32. The van der Waals surface area contributed by atoms with Gasteiger partial charge in [-0.3, -0.25) is 0 Å². The average Bonchev–Trinajstić information content (AvgIpc) is 1.95. The van der Waals surface area contributed by atoms with E-state index in [-0.39, 0.29) is 0 Å². The summed E-state index contributed by atoms with van der Waals surface area (Å²) in [5, 5.41) is 0.743. The van der Waals surface area contributed by atoms with Gasteiger partial charge in [-0.2, -0.15) is 0 Å². The fraction of sp³-hybridized carbons (Fsp3) is 0.143. The van der Waals surface area contributed by atoms with Gasteiger partial charge in [0.2, 0.25) is 0 Å². The molecule has 0 radical (unpaired) electrons. The Hall–Kier alpha value is -0.570. The maximum atomic E-state index is 5.66. The van der Waals surface area contributed by atoms with Crippen molar-refractivity contribution in [3.05, 3.63) is 34.9 Å². The fourth-order valence-corrected chi connectivity index (χ4v) is 0.824. The molecule has 0 heterocycles. The van der Waals surface area contributed by atoms with Crippen LogP contribution in [0.2, 0.25) is 5.02 Å². The Morgan fingerprint density at radius 1 is 1.30 bits per heavy atom. The summed E-state index contributed by atoms with van der Waals surface area (Å²) in [5.41, 5.74) is 1.08. The maximum Gasteiger partial charge on any atom is 0.131 e. The summed E-state index contributed by atoms with van der Waals surface area (Å²) in [4.78, 5) is 4.67. The second-order valence-electron chi connectivity index (χ2n) is 1.97. The van der Waals surface area contributed by atoms with Gasteiger partial charge < -0.3 is 0 Å². The summed E-state index contributed by atoms with van der Waals surface area (Å²) in [7, 11) is 0. The molecule has 0 spiro atoms. The summed E-state index contributed by atoms with van der Waals surface area (Å²) in [6.07, 6.45) is 0. The number of halogens is 1. The molecule has 0 aliphatic rings. The molecular weight excluding hydrogens is 150 g/mol. The van der Waals surface area contributed by atoms with E-state index in [1.54, 1.807) is 0 Å². The maximum absolute atomic E-state index is 5.66. The molecule has 0 bridgehead atoms. The fourth-order valence-electron chi connectivity index (χ4n) is 0.698. The third-order valence-corrected chi connectivity index (χ3v) is 1.43. The number of rotatable bonds is 2. The molecule has 1 rings (SSSR count). The van der Waals surface area contributed by atoms with Gasteiger partial charge in [0.25, 0.3) is 0 Å². The molecule has 0 aromatic heterocycles. The predicted molar refractivity (Wildman–Crippen MR) is 39.1 cm³/mol. The van der Waals surface area contributed by atoms with Crippen LogP contribution in [-0.2, 0) is 11.4 Å². The van der Waals surface area contributed by atoms with Crippen LogP contribution in [0.1, 0.15) is 5.56 Å². The summed E-state index contributed by atoms with van der Waals surface area (Å²) < 4.78 is 0. The molecule has 0 unspecified atom stereocenters. The lowest BCUT2D eigenvalue weighted by Gasteiger charge is -1.94. The monoisotopic (exact) mass is 158 g/mol. The topological polar surface area (TPSA) is 36.9 Å². The van der Waals surface area contributed by atoms with E-state index in [0.29, 0.717) is 6.61 Å². The SMILES string of the molecule is [NH3+]OCc1ccc(Cl)cc1. The van der Waals surface area contributed by atoms with Crippen molar-refractivity contribution in [3.63, 3.8) is 0 Å². The van der Waals surface area contributed by atoms with Crippen LogP contribution < -0.4 is 5.90 Å². The Balaban J connectivity index is 2.69. The smallest absolute Gasteiger partial charge is 0.131 e. The van der Waals surface area contributed by atoms with Crippen molar-refractivity contribution in [2.45, 2.75) is 6.61 Å². The largest absolute Gasteiger partial charge is 0.212 e. The van der Waals surface area contributed by atoms with Crippen LogP contribution in [0.4, 0.5) is 0 Å². The van der Waals surface area contributed by atoms with Crippen LogP contribution in [0.25, 0.3) is 0 Å². The molecule has 0 aliphatic carbocycles. The molecule has 0 saturated heterocycles. The van der Waals surface area contributed by atoms with Crippen molar-refractivity contribution < 1.29 is 10.7 Å². The highest BCUT2D eigenvalue weighted by Gasteiger charge is 1.91. The van der Waals surface area contributed by atoms with Gasteiger partial charge in [0.05, 0.1) is 0 Å². The van der Waals surface area contributed by atoms with E-state index in [9.17, 15) is 0 Å². The first kappa shape index (κ1) is 7.54. The van der Waals surface area contributed by atoms with Gasteiger partial charge >= 0.3 is 0 Å². The Morgan fingerprint density at radius 2 is 1.90 bits per heavy atom. The molecule has 1 aromatic carbocycles. The summed E-state index contributed by atoms with van der Waals surface area (Å²) in [6.45, 7) is 0.539. The van der Waals surface area contributed by atoms with Crippen LogP contribution in [0.5, 0.6) is 0 Å². The lowest BCUT2D eigenvalue weighted by Crippen LogP contribution is -2.48. The lowest BCUT2D eigenvalue weighted by molar-refractivity contribution is -0.695. The molecule has 1 aromatic rings. The molecule has 0 amide bonds. The molecular formula is C7H9ClNO+. The highest BCUT2D eigenvalue weighted by Crippen LogP contribution is 2.09. The van der Waals surface area contributed by atoms with E-state index >= 15 is 0 Å². The lowest BCUT2D eigenvalue weighted by atomic mass is 10.2. The Kier molecular flexibility index (Phi) is 2.68. The van der Waals surface area contributed by atoms with E-state index in [0.717, 1.165) is 10.6 Å². The summed E-state index contributed by atoms with van der Waals surface area (Å²) in [6, 6.07) is 7.48. The Labute approximate surface area is 64.5 Å². The molecule has 3 heteroatoms. The quantitative estimate of drug-likeness (QED) is 0.641. The number of quaternary nitrogens is 1. The normalized spacial score (nSPS) is 9.80. The summed E-state index contributed by atoms with van der Waals surface area (Å²) in [5.74, 6) is 3.27. The van der Waals surface area contributed by atoms with E-state index in [4.69, 9.17) is 11.6 Å².